The summed E-state index contributed by atoms with van der Waals surface area (Å²) in [6.07, 6.45) is 2.79. The fourth-order valence-corrected chi connectivity index (χ4v) is 5.92. The average molecular weight is 631 g/mol. The third-order valence-corrected chi connectivity index (χ3v) is 8.28. The summed E-state index contributed by atoms with van der Waals surface area (Å²) in [5.74, 6) is -0.193. The largest absolute Gasteiger partial charge is 0.463 e. The number of benzene rings is 1. The molecule has 2 fully saturated rings. The highest BCUT2D eigenvalue weighted by Gasteiger charge is 2.32. The van der Waals surface area contributed by atoms with E-state index >= 15 is 0 Å². The van der Waals surface area contributed by atoms with Gasteiger partial charge in [0.05, 0.1) is 35.2 Å². The SMILES string of the molecule is C=CC(=O)N1CCN(c2nc(OC[C@H]3CN(C)C[C@@H]3OC)nc3c(Oc4c(Cl)c(F)cc5[nH]ncc45)nc(Cl)cc23)CC1. The molecule has 0 radical (unpaired) electrons. The minimum absolute atomic E-state index is 0.00672. The van der Waals surface area contributed by atoms with E-state index in [4.69, 9.17) is 42.4 Å². The van der Waals surface area contributed by atoms with Gasteiger partial charge in [-0.3, -0.25) is 9.89 Å². The van der Waals surface area contributed by atoms with Crippen LogP contribution in [0.2, 0.25) is 10.2 Å². The average Bonchev–Trinajstić information content (AvgIpc) is 3.63. The molecule has 5 heterocycles. The van der Waals surface area contributed by atoms with E-state index in [0.29, 0.717) is 54.9 Å². The molecular formula is C28H29Cl2FN8O4. The number of aromatic amines is 1. The number of nitrogens with zero attached hydrogens (tertiary/aromatic N) is 7. The predicted octanol–water partition coefficient (Wildman–Crippen LogP) is 3.93. The second kappa shape index (κ2) is 12.1. The summed E-state index contributed by atoms with van der Waals surface area (Å²) >= 11 is 12.8. The van der Waals surface area contributed by atoms with Gasteiger partial charge in [-0.15, -0.1) is 0 Å². The van der Waals surface area contributed by atoms with Gasteiger partial charge in [0, 0.05) is 58.4 Å². The molecule has 0 unspecified atom stereocenters. The molecule has 0 aliphatic carbocycles. The van der Waals surface area contributed by atoms with Crippen LogP contribution in [0.15, 0.2) is 31.0 Å². The third-order valence-electron chi connectivity index (χ3n) is 7.73. The van der Waals surface area contributed by atoms with Crippen molar-refractivity contribution in [2.24, 2.45) is 5.92 Å². The number of halogens is 3. The van der Waals surface area contributed by atoms with Crippen molar-refractivity contribution in [3.63, 3.8) is 0 Å². The lowest BCUT2D eigenvalue weighted by atomic mass is 10.1. The molecule has 1 amide bonds. The summed E-state index contributed by atoms with van der Waals surface area (Å²) in [7, 11) is 3.72. The zero-order valence-corrected chi connectivity index (χ0v) is 25.0. The van der Waals surface area contributed by atoms with Crippen LogP contribution >= 0.6 is 23.2 Å². The maximum atomic E-state index is 14.7. The summed E-state index contributed by atoms with van der Waals surface area (Å²) in [5, 5.41) is 7.56. The van der Waals surface area contributed by atoms with Gasteiger partial charge >= 0.3 is 6.01 Å². The van der Waals surface area contributed by atoms with Gasteiger partial charge in [-0.05, 0) is 19.2 Å². The first-order valence-corrected chi connectivity index (χ1v) is 14.4. The molecular weight excluding hydrogens is 602 g/mol. The molecule has 4 aromatic rings. The number of ether oxygens (including phenoxy) is 3. The van der Waals surface area contributed by atoms with Crippen LogP contribution in [-0.4, -0.2) is 107 Å². The predicted molar refractivity (Wildman–Crippen MR) is 160 cm³/mol. The van der Waals surface area contributed by atoms with Gasteiger partial charge in [-0.25, -0.2) is 4.39 Å². The van der Waals surface area contributed by atoms with E-state index in [9.17, 15) is 9.18 Å². The van der Waals surface area contributed by atoms with Crippen LogP contribution in [0.3, 0.4) is 0 Å². The van der Waals surface area contributed by atoms with Gasteiger partial charge in [0.2, 0.25) is 11.8 Å². The first-order chi connectivity index (χ1) is 20.7. The Kier molecular flexibility index (Phi) is 8.23. The zero-order valence-electron chi connectivity index (χ0n) is 23.5. The zero-order chi connectivity index (χ0) is 30.2. The molecule has 12 nitrogen and oxygen atoms in total. The Labute approximate surface area is 256 Å². The van der Waals surface area contributed by atoms with E-state index in [1.165, 1.54) is 18.3 Å². The van der Waals surface area contributed by atoms with E-state index in [-0.39, 0.29) is 51.3 Å². The fourth-order valence-electron chi connectivity index (χ4n) is 5.54. The molecule has 2 atom stereocenters. The topological polar surface area (TPSA) is 122 Å². The number of aromatic nitrogens is 5. The number of rotatable bonds is 8. The molecule has 226 valence electrons. The highest BCUT2D eigenvalue weighted by atomic mass is 35.5. The minimum atomic E-state index is -0.694. The monoisotopic (exact) mass is 630 g/mol. The lowest BCUT2D eigenvalue weighted by Crippen LogP contribution is -2.48. The summed E-state index contributed by atoms with van der Waals surface area (Å²) in [5.41, 5.74) is 0.682. The Balaban J connectivity index is 1.42. The number of H-pyrrole nitrogens is 1. The molecule has 2 saturated heterocycles. The van der Waals surface area contributed by atoms with E-state index in [1.807, 2.05) is 11.9 Å². The number of hydrogen-bond acceptors (Lipinski definition) is 10. The maximum absolute atomic E-state index is 14.7. The van der Waals surface area contributed by atoms with Crippen molar-refractivity contribution in [2.75, 3.05) is 64.9 Å². The lowest BCUT2D eigenvalue weighted by Gasteiger charge is -2.35. The smallest absolute Gasteiger partial charge is 0.319 e. The molecule has 1 N–H and O–H groups in total. The van der Waals surface area contributed by atoms with Crippen LogP contribution < -0.4 is 14.4 Å². The summed E-state index contributed by atoms with van der Waals surface area (Å²) in [6.45, 7) is 7.41. The van der Waals surface area contributed by atoms with Crippen LogP contribution in [0.1, 0.15) is 0 Å². The van der Waals surface area contributed by atoms with Crippen molar-refractivity contribution in [2.45, 2.75) is 6.10 Å². The standard InChI is InChI=1S/C28H29Cl2FN8O4/c1-4-22(40)38-5-7-39(8-6-38)26-16-9-21(29)33-27(43-25-17-11-32-36-19(17)10-18(31)23(25)30)24(16)34-28(35-26)42-14-15-12-37(2)13-20(15)41-3/h4,9-11,15,20H,1,5-8,12-14H2,2-3H3,(H,32,36)/t15-,20+/m1/s1. The van der Waals surface area contributed by atoms with E-state index in [0.717, 1.165) is 13.1 Å². The second-order valence-corrected chi connectivity index (χ2v) is 11.3. The molecule has 2 aliphatic heterocycles. The quantitative estimate of drug-likeness (QED) is 0.226. The van der Waals surface area contributed by atoms with Gasteiger partial charge in [0.1, 0.15) is 27.3 Å². The molecule has 3 aromatic heterocycles. The number of amides is 1. The Hall–Kier alpha value is -3.78. The van der Waals surface area contributed by atoms with Gasteiger partial charge in [0.25, 0.3) is 0 Å². The first kappa shape index (κ1) is 29.3. The Bertz CT molecular complexity index is 1700. The highest BCUT2D eigenvalue weighted by Crippen LogP contribution is 2.41. The van der Waals surface area contributed by atoms with Gasteiger partial charge in [-0.1, -0.05) is 29.8 Å². The molecule has 43 heavy (non-hydrogen) atoms. The number of piperazine rings is 1. The summed E-state index contributed by atoms with van der Waals surface area (Å²) in [6, 6.07) is 2.97. The van der Waals surface area contributed by atoms with Crippen molar-refractivity contribution in [3.05, 3.63) is 47.0 Å². The molecule has 2 aliphatic rings. The number of likely N-dealkylation sites (tertiary alicyclic amines) is 1. The molecule has 0 saturated carbocycles. The van der Waals surface area contributed by atoms with Gasteiger partial charge in [-0.2, -0.15) is 20.1 Å². The minimum Gasteiger partial charge on any atom is -0.463 e. The number of carbonyl (C=O) groups is 1. The summed E-state index contributed by atoms with van der Waals surface area (Å²) < 4.78 is 32.7. The van der Waals surface area contributed by atoms with Crippen LogP contribution in [0.5, 0.6) is 17.6 Å². The van der Waals surface area contributed by atoms with Gasteiger partial charge in [0.15, 0.2) is 5.75 Å². The molecule has 15 heteroatoms. The van der Waals surface area contributed by atoms with Crippen molar-refractivity contribution in [1.29, 1.82) is 0 Å². The van der Waals surface area contributed by atoms with Gasteiger partial charge < -0.3 is 28.9 Å². The maximum Gasteiger partial charge on any atom is 0.319 e. The van der Waals surface area contributed by atoms with Crippen LogP contribution in [0, 0.1) is 11.7 Å². The number of fused-ring (bicyclic) bond motifs is 2. The number of methoxy groups -OCH3 is 1. The van der Waals surface area contributed by atoms with E-state index in [2.05, 4.69) is 31.6 Å². The van der Waals surface area contributed by atoms with Crippen molar-refractivity contribution < 1.29 is 23.4 Å². The van der Waals surface area contributed by atoms with Crippen molar-refractivity contribution in [1.82, 2.24) is 34.9 Å². The highest BCUT2D eigenvalue weighted by molar-refractivity contribution is 6.33. The molecule has 0 bridgehead atoms. The number of anilines is 1. The normalized spacial score (nSPS) is 19.4. The number of likely N-dealkylation sites (N-methyl/N-ethyl adjacent to an activating group) is 1. The second-order valence-electron chi connectivity index (χ2n) is 10.5. The lowest BCUT2D eigenvalue weighted by molar-refractivity contribution is -0.126. The number of nitrogens with one attached hydrogen (secondary N) is 1. The van der Waals surface area contributed by atoms with Crippen LogP contribution in [0.25, 0.3) is 21.8 Å². The summed E-state index contributed by atoms with van der Waals surface area (Å²) in [4.78, 5) is 31.9. The number of pyridine rings is 1. The number of hydrogen-bond donors (Lipinski definition) is 1. The van der Waals surface area contributed by atoms with Crippen LogP contribution in [-0.2, 0) is 9.53 Å². The molecule has 0 spiro atoms. The number of carbonyl (C=O) groups excluding carboxylic acids is 1. The van der Waals surface area contributed by atoms with E-state index in [1.54, 1.807) is 18.1 Å². The third kappa shape index (κ3) is 5.77. The Morgan fingerprint density at radius 3 is 2.70 bits per heavy atom. The van der Waals surface area contributed by atoms with Crippen molar-refractivity contribution >= 4 is 56.7 Å². The Morgan fingerprint density at radius 2 is 1.95 bits per heavy atom. The van der Waals surface area contributed by atoms with Crippen LogP contribution in [0.4, 0.5) is 10.2 Å². The fraction of sp³-hybridized carbons (Fsp3) is 0.393. The first-order valence-electron chi connectivity index (χ1n) is 13.6. The Morgan fingerprint density at radius 1 is 1.16 bits per heavy atom. The molecule has 1 aromatic carbocycles. The molecule has 6 rings (SSSR count). The van der Waals surface area contributed by atoms with E-state index < -0.39 is 5.82 Å². The van der Waals surface area contributed by atoms with Crippen molar-refractivity contribution in [3.8, 4) is 17.6 Å².